The number of benzene rings is 3. The lowest BCUT2D eigenvalue weighted by Gasteiger charge is -2.26. The van der Waals surface area contributed by atoms with E-state index in [4.69, 9.17) is 4.74 Å². The quantitative estimate of drug-likeness (QED) is 0.640. The molecule has 1 amide bonds. The number of nitrogens with one attached hydrogen (secondary N) is 1. The fourth-order valence-corrected chi connectivity index (χ4v) is 4.39. The maximum absolute atomic E-state index is 12.5. The van der Waals surface area contributed by atoms with Crippen molar-refractivity contribution in [3.63, 3.8) is 0 Å². The van der Waals surface area contributed by atoms with E-state index in [1.165, 1.54) is 6.26 Å². The van der Waals surface area contributed by atoms with Gasteiger partial charge in [0.1, 0.15) is 0 Å². The first-order valence-electron chi connectivity index (χ1n) is 10.3. The van der Waals surface area contributed by atoms with Crippen LogP contribution in [0.5, 0.6) is 0 Å². The Bertz CT molecular complexity index is 1200. The van der Waals surface area contributed by atoms with Crippen molar-refractivity contribution in [2.24, 2.45) is 0 Å². The van der Waals surface area contributed by atoms with Gasteiger partial charge in [-0.3, -0.25) is 9.69 Å². The van der Waals surface area contributed by atoms with Crippen molar-refractivity contribution in [1.82, 2.24) is 10.2 Å². The molecule has 4 rings (SSSR count). The summed E-state index contributed by atoms with van der Waals surface area (Å²) < 4.78 is 29.0. The molecule has 0 spiro atoms. The molecule has 0 aromatic heterocycles. The van der Waals surface area contributed by atoms with Gasteiger partial charge in [-0.05, 0) is 52.2 Å². The number of hydrogen-bond donors (Lipinski definition) is 1. The number of sulfone groups is 1. The molecule has 1 fully saturated rings. The van der Waals surface area contributed by atoms with Crippen molar-refractivity contribution in [2.45, 2.75) is 4.90 Å². The number of rotatable bonds is 6. The number of fused-ring (bicyclic) bond motifs is 1. The van der Waals surface area contributed by atoms with Crippen LogP contribution in [0.25, 0.3) is 21.9 Å². The molecule has 0 aliphatic carbocycles. The third-order valence-electron chi connectivity index (χ3n) is 5.52. The van der Waals surface area contributed by atoms with Crippen LogP contribution in [0.2, 0.25) is 0 Å². The highest BCUT2D eigenvalue weighted by Crippen LogP contribution is 2.27. The van der Waals surface area contributed by atoms with Gasteiger partial charge in [-0.1, -0.05) is 30.3 Å². The third-order valence-corrected chi connectivity index (χ3v) is 6.63. The van der Waals surface area contributed by atoms with Gasteiger partial charge in [-0.25, -0.2) is 8.42 Å². The van der Waals surface area contributed by atoms with E-state index in [9.17, 15) is 13.2 Å². The zero-order valence-corrected chi connectivity index (χ0v) is 18.3. The summed E-state index contributed by atoms with van der Waals surface area (Å²) in [6.07, 6.45) is 1.21. The molecule has 162 valence electrons. The number of ether oxygens (including phenoxy) is 1. The Labute approximate surface area is 182 Å². The molecule has 1 saturated heterocycles. The molecule has 0 atom stereocenters. The molecule has 1 N–H and O–H groups in total. The molecule has 31 heavy (non-hydrogen) atoms. The molecule has 3 aromatic carbocycles. The van der Waals surface area contributed by atoms with Crippen LogP contribution in [-0.2, 0) is 14.6 Å². The van der Waals surface area contributed by atoms with Crippen LogP contribution in [0.15, 0.2) is 65.6 Å². The summed E-state index contributed by atoms with van der Waals surface area (Å²) >= 11 is 0. The van der Waals surface area contributed by atoms with Crippen LogP contribution < -0.4 is 5.32 Å². The average Bonchev–Trinajstić information content (AvgIpc) is 2.78. The first-order chi connectivity index (χ1) is 14.9. The Balaban J connectivity index is 1.47. The Morgan fingerprint density at radius 3 is 2.45 bits per heavy atom. The zero-order valence-electron chi connectivity index (χ0n) is 17.5. The third kappa shape index (κ3) is 5.31. The Kier molecular flexibility index (Phi) is 6.36. The monoisotopic (exact) mass is 438 g/mol. The molecule has 7 heteroatoms. The van der Waals surface area contributed by atoms with E-state index in [0.29, 0.717) is 17.0 Å². The van der Waals surface area contributed by atoms with Gasteiger partial charge in [0.15, 0.2) is 9.84 Å². The lowest BCUT2D eigenvalue weighted by molar-refractivity contribution is 0.0383. The number of nitrogens with zero attached hydrogens (tertiary/aromatic N) is 1. The van der Waals surface area contributed by atoms with Crippen LogP contribution in [-0.4, -0.2) is 64.9 Å². The molecular formula is C24H26N2O4S. The molecule has 1 aliphatic heterocycles. The van der Waals surface area contributed by atoms with Crippen LogP contribution in [0.3, 0.4) is 0 Å². The summed E-state index contributed by atoms with van der Waals surface area (Å²) in [5.74, 6) is -0.0833. The number of hydrogen-bond acceptors (Lipinski definition) is 5. The topological polar surface area (TPSA) is 75.7 Å². The minimum atomic E-state index is -3.26. The number of carbonyl (C=O) groups is 1. The second kappa shape index (κ2) is 9.18. The highest BCUT2D eigenvalue weighted by atomic mass is 32.2. The van der Waals surface area contributed by atoms with E-state index in [2.05, 4.69) is 10.2 Å². The lowest BCUT2D eigenvalue weighted by atomic mass is 10.00. The zero-order chi connectivity index (χ0) is 21.8. The number of morpholine rings is 1. The van der Waals surface area contributed by atoms with Gasteiger partial charge in [0.05, 0.1) is 18.1 Å². The largest absolute Gasteiger partial charge is 0.379 e. The fourth-order valence-electron chi connectivity index (χ4n) is 3.73. The second-order valence-corrected chi connectivity index (χ2v) is 9.80. The van der Waals surface area contributed by atoms with E-state index < -0.39 is 9.84 Å². The summed E-state index contributed by atoms with van der Waals surface area (Å²) in [6, 6.07) is 18.5. The molecule has 1 aliphatic rings. The summed E-state index contributed by atoms with van der Waals surface area (Å²) in [5, 5.41) is 4.94. The van der Waals surface area contributed by atoms with Gasteiger partial charge < -0.3 is 10.1 Å². The first kappa shape index (κ1) is 21.5. The molecule has 0 radical (unpaired) electrons. The standard InChI is InChI=1S/C24H26N2O4S/c1-31(28,29)23-4-2-3-18(17-23)19-5-6-21-16-22(8-7-20(21)15-19)24(27)25-9-10-26-11-13-30-14-12-26/h2-8,15-17H,9-14H2,1H3,(H,25,27). The van der Waals surface area contributed by atoms with Crippen LogP contribution in [0.4, 0.5) is 0 Å². The number of amides is 1. The van der Waals surface area contributed by atoms with E-state index in [1.54, 1.807) is 18.2 Å². The van der Waals surface area contributed by atoms with Crippen LogP contribution >= 0.6 is 0 Å². The van der Waals surface area contributed by atoms with Crippen molar-refractivity contribution in [3.05, 3.63) is 66.2 Å². The smallest absolute Gasteiger partial charge is 0.251 e. The van der Waals surface area contributed by atoms with Crippen LogP contribution in [0.1, 0.15) is 10.4 Å². The minimum Gasteiger partial charge on any atom is -0.379 e. The van der Waals surface area contributed by atoms with Gasteiger partial charge >= 0.3 is 0 Å². The molecule has 0 bridgehead atoms. The van der Waals surface area contributed by atoms with Crippen molar-refractivity contribution in [3.8, 4) is 11.1 Å². The minimum absolute atomic E-state index is 0.0833. The number of carbonyl (C=O) groups excluding carboxylic acids is 1. The normalized spacial score (nSPS) is 15.1. The van der Waals surface area contributed by atoms with Crippen molar-refractivity contribution in [1.29, 1.82) is 0 Å². The molecule has 6 nitrogen and oxygen atoms in total. The fraction of sp³-hybridized carbons (Fsp3) is 0.292. The molecule has 0 saturated carbocycles. The van der Waals surface area contributed by atoms with Gasteiger partial charge in [0, 0.05) is 38.0 Å². The van der Waals surface area contributed by atoms with E-state index in [1.807, 2.05) is 42.5 Å². The second-order valence-electron chi connectivity index (χ2n) is 7.79. The Hall–Kier alpha value is -2.74. The Morgan fingerprint density at radius 2 is 1.68 bits per heavy atom. The van der Waals surface area contributed by atoms with E-state index >= 15 is 0 Å². The van der Waals surface area contributed by atoms with Crippen LogP contribution in [0, 0.1) is 0 Å². The maximum atomic E-state index is 12.5. The summed E-state index contributed by atoms with van der Waals surface area (Å²) in [7, 11) is -3.26. The molecular weight excluding hydrogens is 412 g/mol. The van der Waals surface area contributed by atoms with E-state index in [-0.39, 0.29) is 5.91 Å². The van der Waals surface area contributed by atoms with Gasteiger partial charge in [-0.15, -0.1) is 0 Å². The lowest BCUT2D eigenvalue weighted by Crippen LogP contribution is -2.41. The Morgan fingerprint density at radius 1 is 0.968 bits per heavy atom. The van der Waals surface area contributed by atoms with Crippen molar-refractivity contribution in [2.75, 3.05) is 45.6 Å². The molecule has 3 aromatic rings. The predicted octanol–water partition coefficient (Wildman–Crippen LogP) is 2.97. The summed E-state index contributed by atoms with van der Waals surface area (Å²) in [4.78, 5) is 15.1. The van der Waals surface area contributed by atoms with E-state index in [0.717, 1.165) is 54.7 Å². The molecule has 1 heterocycles. The highest BCUT2D eigenvalue weighted by molar-refractivity contribution is 7.90. The van der Waals surface area contributed by atoms with Gasteiger partial charge in [0.25, 0.3) is 5.91 Å². The summed E-state index contributed by atoms with van der Waals surface area (Å²) in [6.45, 7) is 4.73. The van der Waals surface area contributed by atoms with Crippen molar-refractivity contribution >= 4 is 26.5 Å². The average molecular weight is 439 g/mol. The van der Waals surface area contributed by atoms with Gasteiger partial charge in [0.2, 0.25) is 0 Å². The maximum Gasteiger partial charge on any atom is 0.251 e. The first-order valence-corrected chi connectivity index (χ1v) is 12.2. The summed E-state index contributed by atoms with van der Waals surface area (Å²) in [5.41, 5.74) is 2.40. The van der Waals surface area contributed by atoms with Crippen molar-refractivity contribution < 1.29 is 17.9 Å². The SMILES string of the molecule is CS(=O)(=O)c1cccc(-c2ccc3cc(C(=O)NCCN4CCOCC4)ccc3c2)c1. The highest BCUT2D eigenvalue weighted by Gasteiger charge is 2.12. The predicted molar refractivity (Wildman–Crippen MR) is 122 cm³/mol. The van der Waals surface area contributed by atoms with Gasteiger partial charge in [-0.2, -0.15) is 0 Å². The molecule has 0 unspecified atom stereocenters.